The fourth-order valence-electron chi connectivity index (χ4n) is 2.34. The number of rotatable bonds is 6. The first-order valence-electron chi connectivity index (χ1n) is 7.80. The van der Waals surface area contributed by atoms with Gasteiger partial charge in [0.25, 0.3) is 0 Å². The van der Waals surface area contributed by atoms with Crippen LogP contribution in [0.3, 0.4) is 0 Å². The second-order valence-corrected chi connectivity index (χ2v) is 6.21. The van der Waals surface area contributed by atoms with Crippen LogP contribution >= 0.6 is 23.2 Å². The maximum absolute atomic E-state index is 12.3. The third kappa shape index (κ3) is 4.36. The number of hydrogen-bond donors (Lipinski definition) is 1. The lowest BCUT2D eigenvalue weighted by molar-refractivity contribution is 0.0478. The van der Waals surface area contributed by atoms with Gasteiger partial charge in [0.1, 0.15) is 24.6 Å². The molecule has 0 atom stereocenters. The lowest BCUT2D eigenvalue weighted by Gasteiger charge is -2.14. The number of hydrogen-bond acceptors (Lipinski definition) is 6. The van der Waals surface area contributed by atoms with Crippen molar-refractivity contribution < 1.29 is 19.1 Å². The molecule has 2 aromatic rings. The van der Waals surface area contributed by atoms with E-state index in [4.69, 9.17) is 32.7 Å². The molecule has 7 nitrogen and oxygen atoms in total. The molecule has 1 aromatic heterocycles. The van der Waals surface area contributed by atoms with E-state index < -0.39 is 12.1 Å². The number of anilines is 2. The van der Waals surface area contributed by atoms with Crippen molar-refractivity contribution in [3.63, 3.8) is 0 Å². The number of pyridine rings is 1. The van der Waals surface area contributed by atoms with Gasteiger partial charge >= 0.3 is 12.1 Å². The number of aromatic nitrogens is 1. The molecule has 3 rings (SSSR count). The van der Waals surface area contributed by atoms with Gasteiger partial charge in [0.05, 0.1) is 23.1 Å². The second kappa shape index (κ2) is 8.25. The van der Waals surface area contributed by atoms with Gasteiger partial charge in [-0.3, -0.25) is 0 Å². The normalized spacial score (nSPS) is 13.5. The monoisotopic (exact) mass is 395 g/mol. The number of halogens is 2. The Kier molecular flexibility index (Phi) is 5.80. The summed E-state index contributed by atoms with van der Waals surface area (Å²) in [6.07, 6.45) is 1.15. The quantitative estimate of drug-likeness (QED) is 0.750. The average Bonchev–Trinajstić information content (AvgIpc) is 3.03. The molecule has 1 aliphatic heterocycles. The van der Waals surface area contributed by atoms with Crippen molar-refractivity contribution in [2.24, 2.45) is 0 Å². The van der Waals surface area contributed by atoms with E-state index in [0.717, 1.165) is 0 Å². The molecular weight excluding hydrogens is 381 g/mol. The first-order valence-corrected chi connectivity index (χ1v) is 8.56. The molecule has 1 amide bonds. The number of nitrogens with zero attached hydrogens (tertiary/aromatic N) is 2. The molecule has 1 aliphatic rings. The van der Waals surface area contributed by atoms with Crippen molar-refractivity contribution in [2.75, 3.05) is 31.6 Å². The fourth-order valence-corrected chi connectivity index (χ4v) is 2.63. The fraction of sp³-hybridized carbons (Fsp3) is 0.235. The maximum atomic E-state index is 12.3. The Hall–Kier alpha value is -2.51. The van der Waals surface area contributed by atoms with Crippen molar-refractivity contribution in [3.05, 3.63) is 52.1 Å². The summed E-state index contributed by atoms with van der Waals surface area (Å²) >= 11 is 11.9. The molecule has 1 fully saturated rings. The predicted molar refractivity (Wildman–Crippen MR) is 97.2 cm³/mol. The summed E-state index contributed by atoms with van der Waals surface area (Å²) in [5.74, 6) is -0.218. The van der Waals surface area contributed by atoms with Gasteiger partial charge in [-0.15, -0.1) is 0 Å². The van der Waals surface area contributed by atoms with Gasteiger partial charge in [0, 0.05) is 11.9 Å². The molecule has 0 saturated carbocycles. The van der Waals surface area contributed by atoms with Crippen molar-refractivity contribution in [2.45, 2.75) is 0 Å². The molecule has 0 spiro atoms. The topological polar surface area (TPSA) is 80.8 Å². The van der Waals surface area contributed by atoms with E-state index in [1.807, 2.05) is 0 Å². The van der Waals surface area contributed by atoms with Crippen LogP contribution < -0.4 is 5.32 Å². The van der Waals surface area contributed by atoms with Gasteiger partial charge in [-0.2, -0.15) is 0 Å². The molecule has 2 heterocycles. The van der Waals surface area contributed by atoms with Crippen LogP contribution in [0.1, 0.15) is 10.4 Å². The smallest absolute Gasteiger partial charge is 0.410 e. The van der Waals surface area contributed by atoms with Crippen LogP contribution in [0, 0.1) is 0 Å². The van der Waals surface area contributed by atoms with Crippen LogP contribution in [0.5, 0.6) is 0 Å². The van der Waals surface area contributed by atoms with Crippen LogP contribution in [-0.4, -0.2) is 48.2 Å². The standard InChI is InChI=1S/C17H15Cl2N3O4/c18-13-4-3-11(10-14(13)19)21-15-12(2-1-5-20-15)16(23)25-8-6-22-7-9-26-17(22)24/h1-5,10H,6-9H2,(H,20,21). The van der Waals surface area contributed by atoms with Gasteiger partial charge < -0.3 is 19.7 Å². The number of cyclic esters (lactones) is 1. The Balaban J connectivity index is 1.64. The molecule has 0 bridgehead atoms. The highest BCUT2D eigenvalue weighted by Crippen LogP contribution is 2.27. The summed E-state index contributed by atoms with van der Waals surface area (Å²) in [4.78, 5) is 29.3. The van der Waals surface area contributed by atoms with Gasteiger partial charge in [-0.05, 0) is 30.3 Å². The first-order chi connectivity index (χ1) is 12.5. The maximum Gasteiger partial charge on any atom is 0.410 e. The van der Waals surface area contributed by atoms with E-state index in [1.165, 1.54) is 4.90 Å². The predicted octanol–water partition coefficient (Wildman–Crippen LogP) is 3.74. The van der Waals surface area contributed by atoms with Crippen molar-refractivity contribution >= 4 is 46.8 Å². The minimum absolute atomic E-state index is 0.0645. The lowest BCUT2D eigenvalue weighted by atomic mass is 10.2. The zero-order valence-corrected chi connectivity index (χ0v) is 15.1. The van der Waals surface area contributed by atoms with Crippen LogP contribution in [0.4, 0.5) is 16.3 Å². The SMILES string of the molecule is O=C(OCCN1CCOC1=O)c1cccnc1Nc1ccc(Cl)c(Cl)c1. The number of amides is 1. The third-order valence-corrected chi connectivity index (χ3v) is 4.39. The molecule has 136 valence electrons. The van der Waals surface area contributed by atoms with E-state index in [1.54, 1.807) is 36.5 Å². The van der Waals surface area contributed by atoms with E-state index in [0.29, 0.717) is 34.7 Å². The van der Waals surface area contributed by atoms with Crippen LogP contribution in [0.2, 0.25) is 10.0 Å². The molecule has 0 unspecified atom stereocenters. The number of benzene rings is 1. The van der Waals surface area contributed by atoms with E-state index in [2.05, 4.69) is 10.3 Å². The minimum Gasteiger partial charge on any atom is -0.460 e. The van der Waals surface area contributed by atoms with Gasteiger partial charge in [-0.25, -0.2) is 14.6 Å². The molecule has 9 heteroatoms. The van der Waals surface area contributed by atoms with Gasteiger partial charge in [0.2, 0.25) is 0 Å². The Morgan fingerprint density at radius 3 is 2.88 bits per heavy atom. The highest BCUT2D eigenvalue weighted by molar-refractivity contribution is 6.42. The summed E-state index contributed by atoms with van der Waals surface area (Å²) in [6.45, 7) is 1.19. The highest BCUT2D eigenvalue weighted by Gasteiger charge is 2.22. The van der Waals surface area contributed by atoms with Crippen molar-refractivity contribution in [1.82, 2.24) is 9.88 Å². The van der Waals surface area contributed by atoms with Crippen LogP contribution in [-0.2, 0) is 9.47 Å². The number of nitrogens with one attached hydrogen (secondary N) is 1. The van der Waals surface area contributed by atoms with Crippen LogP contribution in [0.15, 0.2) is 36.5 Å². The Morgan fingerprint density at radius 1 is 1.31 bits per heavy atom. The summed E-state index contributed by atoms with van der Waals surface area (Å²) in [7, 11) is 0. The van der Waals surface area contributed by atoms with E-state index in [9.17, 15) is 9.59 Å². The number of carbonyl (C=O) groups is 2. The number of ether oxygens (including phenoxy) is 2. The molecule has 0 radical (unpaired) electrons. The minimum atomic E-state index is -0.548. The molecule has 1 saturated heterocycles. The summed E-state index contributed by atoms with van der Waals surface area (Å²) in [5, 5.41) is 3.83. The molecule has 1 N–H and O–H groups in total. The highest BCUT2D eigenvalue weighted by atomic mass is 35.5. The summed E-state index contributed by atoms with van der Waals surface area (Å²) in [6, 6.07) is 8.22. The van der Waals surface area contributed by atoms with Gasteiger partial charge in [-0.1, -0.05) is 23.2 Å². The third-order valence-electron chi connectivity index (χ3n) is 3.65. The molecular formula is C17H15Cl2N3O4. The zero-order chi connectivity index (χ0) is 18.5. The van der Waals surface area contributed by atoms with Crippen molar-refractivity contribution in [3.8, 4) is 0 Å². The first kappa shape index (κ1) is 18.3. The Morgan fingerprint density at radius 2 is 2.15 bits per heavy atom. The molecule has 1 aromatic carbocycles. The van der Waals surface area contributed by atoms with Gasteiger partial charge in [0.15, 0.2) is 0 Å². The average molecular weight is 396 g/mol. The van der Waals surface area contributed by atoms with E-state index >= 15 is 0 Å². The number of esters is 1. The van der Waals surface area contributed by atoms with E-state index in [-0.39, 0.29) is 18.7 Å². The zero-order valence-electron chi connectivity index (χ0n) is 13.6. The summed E-state index contributed by atoms with van der Waals surface area (Å²) < 4.78 is 10.1. The second-order valence-electron chi connectivity index (χ2n) is 5.39. The summed E-state index contributed by atoms with van der Waals surface area (Å²) in [5.41, 5.74) is 0.898. The molecule has 26 heavy (non-hydrogen) atoms. The lowest BCUT2D eigenvalue weighted by Crippen LogP contribution is -2.29. The van der Waals surface area contributed by atoms with Crippen molar-refractivity contribution in [1.29, 1.82) is 0 Å². The Bertz CT molecular complexity index is 831. The molecule has 0 aliphatic carbocycles. The number of carbonyl (C=O) groups excluding carboxylic acids is 2. The Labute approximate surface area is 159 Å². The van der Waals surface area contributed by atoms with Crippen LogP contribution in [0.25, 0.3) is 0 Å². The largest absolute Gasteiger partial charge is 0.460 e.